The quantitative estimate of drug-likeness (QED) is 0.561. The number of carbonyl (C=O) groups is 3. The van der Waals surface area contributed by atoms with E-state index < -0.39 is 5.91 Å². The van der Waals surface area contributed by atoms with E-state index in [0.717, 1.165) is 6.42 Å². The van der Waals surface area contributed by atoms with E-state index in [1.54, 1.807) is 6.07 Å². The van der Waals surface area contributed by atoms with E-state index in [1.807, 2.05) is 0 Å². The molecule has 1 heterocycles. The number of nitriles is 1. The molecule has 1 saturated heterocycles. The number of carbonyl (C=O) groups excluding carboxylic acids is 3. The number of nitrogens with one attached hydrogen (secondary N) is 2. The van der Waals surface area contributed by atoms with Crippen LogP contribution in [0.4, 0.5) is 0 Å². The van der Waals surface area contributed by atoms with Crippen molar-refractivity contribution in [3.05, 3.63) is 0 Å². The fourth-order valence-electron chi connectivity index (χ4n) is 1.48. The molecule has 2 N–H and O–H groups in total. The fourth-order valence-corrected chi connectivity index (χ4v) is 1.48. The summed E-state index contributed by atoms with van der Waals surface area (Å²) < 4.78 is 0. The highest BCUT2D eigenvalue weighted by Gasteiger charge is 2.22. The van der Waals surface area contributed by atoms with Crippen molar-refractivity contribution in [2.75, 3.05) is 26.2 Å². The van der Waals surface area contributed by atoms with Crippen LogP contribution in [0, 0.1) is 11.3 Å². The molecular weight excluding hydrogens is 224 g/mol. The van der Waals surface area contributed by atoms with Crippen LogP contribution in [0.3, 0.4) is 0 Å². The van der Waals surface area contributed by atoms with Crippen LogP contribution in [0.15, 0.2) is 0 Å². The summed E-state index contributed by atoms with van der Waals surface area (Å²) in [6, 6.07) is 1.75. The summed E-state index contributed by atoms with van der Waals surface area (Å²) in [6.07, 6.45) is 1.25. The molecule has 0 aromatic carbocycles. The monoisotopic (exact) mass is 238 g/mol. The van der Waals surface area contributed by atoms with E-state index in [9.17, 15) is 14.4 Å². The maximum Gasteiger partial charge on any atom is 0.240 e. The number of hydrogen-bond donors (Lipinski definition) is 2. The van der Waals surface area contributed by atoms with Crippen LogP contribution in [-0.4, -0.2) is 48.8 Å². The van der Waals surface area contributed by atoms with Gasteiger partial charge in [-0.1, -0.05) is 0 Å². The molecule has 1 aliphatic heterocycles. The number of hydrogen-bond acceptors (Lipinski definition) is 4. The lowest BCUT2D eigenvalue weighted by Crippen LogP contribution is -2.42. The first kappa shape index (κ1) is 13.0. The van der Waals surface area contributed by atoms with Crippen LogP contribution in [-0.2, 0) is 14.4 Å². The molecule has 1 fully saturated rings. The average Bonchev–Trinajstić information content (AvgIpc) is 2.69. The maximum absolute atomic E-state index is 11.4. The molecule has 3 amide bonds. The smallest absolute Gasteiger partial charge is 0.240 e. The minimum atomic E-state index is -0.423. The Morgan fingerprint density at radius 3 is 2.71 bits per heavy atom. The highest BCUT2D eigenvalue weighted by atomic mass is 16.2. The van der Waals surface area contributed by atoms with E-state index >= 15 is 0 Å². The van der Waals surface area contributed by atoms with Crippen molar-refractivity contribution in [1.82, 2.24) is 15.5 Å². The van der Waals surface area contributed by atoms with Gasteiger partial charge >= 0.3 is 0 Å². The molecule has 0 aromatic rings. The molecular formula is C10H14N4O3. The Bertz CT molecular complexity index is 361. The molecule has 0 radical (unpaired) electrons. The average molecular weight is 238 g/mol. The first-order valence-corrected chi connectivity index (χ1v) is 5.31. The van der Waals surface area contributed by atoms with Gasteiger partial charge in [0, 0.05) is 13.0 Å². The summed E-state index contributed by atoms with van der Waals surface area (Å²) in [5.74, 6) is -0.825. The fraction of sp³-hybridized carbons (Fsp3) is 0.600. The van der Waals surface area contributed by atoms with Crippen molar-refractivity contribution in [3.63, 3.8) is 0 Å². The van der Waals surface area contributed by atoms with Gasteiger partial charge in [0.1, 0.15) is 6.54 Å². The highest BCUT2D eigenvalue weighted by Crippen LogP contribution is 2.08. The van der Waals surface area contributed by atoms with Gasteiger partial charge in [-0.15, -0.1) is 0 Å². The van der Waals surface area contributed by atoms with Crippen LogP contribution in [0.1, 0.15) is 12.8 Å². The Labute approximate surface area is 98.8 Å². The Balaban J connectivity index is 2.19. The third kappa shape index (κ3) is 4.51. The number of rotatable bonds is 5. The molecule has 0 saturated carbocycles. The van der Waals surface area contributed by atoms with Crippen LogP contribution in [0.5, 0.6) is 0 Å². The normalized spacial score (nSPS) is 14.3. The Morgan fingerprint density at radius 1 is 1.35 bits per heavy atom. The Kier molecular flexibility index (Phi) is 4.94. The predicted molar refractivity (Wildman–Crippen MR) is 57.4 cm³/mol. The van der Waals surface area contributed by atoms with Gasteiger partial charge in [-0.05, 0) is 6.42 Å². The maximum atomic E-state index is 11.4. The molecule has 7 heteroatoms. The highest BCUT2D eigenvalue weighted by molar-refractivity contribution is 5.88. The summed E-state index contributed by atoms with van der Waals surface area (Å²) >= 11 is 0. The Hall–Kier alpha value is -2.10. The number of likely N-dealkylation sites (tertiary alicyclic amines) is 1. The van der Waals surface area contributed by atoms with Gasteiger partial charge in [-0.3, -0.25) is 14.4 Å². The molecule has 1 rings (SSSR count). The molecule has 1 aliphatic rings. The van der Waals surface area contributed by atoms with E-state index in [0.29, 0.717) is 13.0 Å². The molecule has 17 heavy (non-hydrogen) atoms. The van der Waals surface area contributed by atoms with Crippen LogP contribution in [0.25, 0.3) is 0 Å². The summed E-state index contributed by atoms with van der Waals surface area (Å²) in [5.41, 5.74) is 0. The van der Waals surface area contributed by atoms with Crippen LogP contribution >= 0.6 is 0 Å². The summed E-state index contributed by atoms with van der Waals surface area (Å²) in [6.45, 7) is 0.319. The SMILES string of the molecule is N#CCNC(=O)CNC(=O)CN1CCCC1=O. The summed E-state index contributed by atoms with van der Waals surface area (Å²) in [7, 11) is 0. The zero-order chi connectivity index (χ0) is 12.7. The molecule has 92 valence electrons. The molecule has 0 unspecified atom stereocenters. The second-order valence-corrected chi connectivity index (χ2v) is 3.63. The lowest BCUT2D eigenvalue weighted by atomic mass is 10.4. The lowest BCUT2D eigenvalue weighted by molar-refractivity contribution is -0.133. The van der Waals surface area contributed by atoms with Crippen molar-refractivity contribution in [1.29, 1.82) is 5.26 Å². The van der Waals surface area contributed by atoms with E-state index in [2.05, 4.69) is 10.6 Å². The largest absolute Gasteiger partial charge is 0.345 e. The predicted octanol–water partition coefficient (Wildman–Crippen LogP) is -1.64. The van der Waals surface area contributed by atoms with Crippen molar-refractivity contribution in [2.24, 2.45) is 0 Å². The second kappa shape index (κ2) is 6.48. The first-order valence-electron chi connectivity index (χ1n) is 5.31. The van der Waals surface area contributed by atoms with E-state index in [1.165, 1.54) is 4.90 Å². The zero-order valence-electron chi connectivity index (χ0n) is 9.36. The first-order chi connectivity index (χ1) is 8.13. The Morgan fingerprint density at radius 2 is 2.12 bits per heavy atom. The zero-order valence-corrected chi connectivity index (χ0v) is 9.36. The van der Waals surface area contributed by atoms with Gasteiger partial charge in [0.15, 0.2) is 0 Å². The lowest BCUT2D eigenvalue weighted by Gasteiger charge is -2.14. The number of nitrogens with zero attached hydrogens (tertiary/aromatic N) is 2. The molecule has 7 nitrogen and oxygen atoms in total. The summed E-state index contributed by atoms with van der Waals surface area (Å²) in [5, 5.41) is 12.9. The van der Waals surface area contributed by atoms with Crippen LogP contribution in [0.2, 0.25) is 0 Å². The van der Waals surface area contributed by atoms with E-state index in [4.69, 9.17) is 5.26 Å². The molecule has 0 atom stereocenters. The van der Waals surface area contributed by atoms with Gasteiger partial charge in [0.05, 0.1) is 19.2 Å². The molecule has 0 bridgehead atoms. The van der Waals surface area contributed by atoms with Gasteiger partial charge in [-0.2, -0.15) is 5.26 Å². The van der Waals surface area contributed by atoms with E-state index in [-0.39, 0.29) is 31.4 Å². The van der Waals surface area contributed by atoms with Gasteiger partial charge in [0.25, 0.3) is 0 Å². The standard InChI is InChI=1S/C10H14N4O3/c11-3-4-12-8(15)6-13-9(16)7-14-5-1-2-10(14)17/h1-2,4-7H2,(H,12,15)(H,13,16). The van der Waals surface area contributed by atoms with Crippen molar-refractivity contribution < 1.29 is 14.4 Å². The topological polar surface area (TPSA) is 102 Å². The molecule has 0 aromatic heterocycles. The third-order valence-electron chi connectivity index (χ3n) is 2.32. The molecule has 0 aliphatic carbocycles. The third-order valence-corrected chi connectivity index (χ3v) is 2.32. The van der Waals surface area contributed by atoms with Gasteiger partial charge in [-0.25, -0.2) is 0 Å². The van der Waals surface area contributed by atoms with Crippen LogP contribution < -0.4 is 10.6 Å². The van der Waals surface area contributed by atoms with Gasteiger partial charge in [0.2, 0.25) is 17.7 Å². The van der Waals surface area contributed by atoms with Crippen molar-refractivity contribution in [3.8, 4) is 6.07 Å². The minimum absolute atomic E-state index is 0.00956. The minimum Gasteiger partial charge on any atom is -0.345 e. The molecule has 0 spiro atoms. The van der Waals surface area contributed by atoms with Crippen molar-refractivity contribution in [2.45, 2.75) is 12.8 Å². The second-order valence-electron chi connectivity index (χ2n) is 3.63. The van der Waals surface area contributed by atoms with Crippen molar-refractivity contribution >= 4 is 17.7 Å². The van der Waals surface area contributed by atoms with Gasteiger partial charge < -0.3 is 15.5 Å². The number of amides is 3. The summed E-state index contributed by atoms with van der Waals surface area (Å²) in [4.78, 5) is 35.1.